The summed E-state index contributed by atoms with van der Waals surface area (Å²) in [5.74, 6) is 2.00. The third-order valence-electron chi connectivity index (χ3n) is 5.37. The summed E-state index contributed by atoms with van der Waals surface area (Å²) in [6.07, 6.45) is 2.54. The quantitative estimate of drug-likeness (QED) is 0.557. The minimum Gasteiger partial charge on any atom is -0.507 e. The minimum atomic E-state index is -0.261. The lowest BCUT2D eigenvalue weighted by Crippen LogP contribution is -2.38. The molecule has 0 aliphatic carbocycles. The number of phenols is 1. The predicted molar refractivity (Wildman–Crippen MR) is 117 cm³/mol. The average Bonchev–Trinajstić information content (AvgIpc) is 2.67. The molecule has 0 bridgehead atoms. The van der Waals surface area contributed by atoms with Crippen molar-refractivity contribution >= 4 is 26.9 Å². The Balaban J connectivity index is 1.70. The molecule has 5 nitrogen and oxygen atoms in total. The van der Waals surface area contributed by atoms with Gasteiger partial charge in [0, 0.05) is 19.6 Å². The zero-order chi connectivity index (χ0) is 20.5. The number of ether oxygens (including phenoxy) is 1. The molecule has 1 fully saturated rings. The van der Waals surface area contributed by atoms with E-state index in [-0.39, 0.29) is 16.9 Å². The fourth-order valence-electron chi connectivity index (χ4n) is 4.24. The number of fused-ring (bicyclic) bond motifs is 1. The van der Waals surface area contributed by atoms with E-state index in [0.29, 0.717) is 40.7 Å². The molecule has 1 N–H and O–H groups in total. The Kier molecular flexibility index (Phi) is 5.65. The average molecular weight is 458 g/mol. The topological polar surface area (TPSA) is 62.9 Å². The van der Waals surface area contributed by atoms with Crippen LogP contribution in [0.1, 0.15) is 25.8 Å². The van der Waals surface area contributed by atoms with E-state index >= 15 is 0 Å². The first-order valence-corrected chi connectivity index (χ1v) is 10.6. The first-order valence-electron chi connectivity index (χ1n) is 9.83. The fourth-order valence-corrected chi connectivity index (χ4v) is 4.61. The summed E-state index contributed by atoms with van der Waals surface area (Å²) in [6.45, 7) is 6.97. The van der Waals surface area contributed by atoms with Crippen LogP contribution in [0.2, 0.25) is 0 Å². The molecule has 0 spiro atoms. The summed E-state index contributed by atoms with van der Waals surface area (Å²) in [6, 6.07) is 10.5. The van der Waals surface area contributed by atoms with Gasteiger partial charge in [-0.2, -0.15) is 0 Å². The largest absolute Gasteiger partial charge is 0.507 e. The Morgan fingerprint density at radius 1 is 1.14 bits per heavy atom. The molecule has 2 unspecified atom stereocenters. The number of rotatable bonds is 4. The molecule has 1 aliphatic heterocycles. The summed E-state index contributed by atoms with van der Waals surface area (Å²) < 4.78 is 12.3. The highest BCUT2D eigenvalue weighted by atomic mass is 79.9. The lowest BCUT2D eigenvalue weighted by atomic mass is 9.91. The molecule has 3 aromatic rings. The van der Waals surface area contributed by atoms with Crippen molar-refractivity contribution < 1.29 is 14.3 Å². The van der Waals surface area contributed by atoms with Crippen molar-refractivity contribution in [3.05, 3.63) is 62.9 Å². The highest BCUT2D eigenvalue weighted by Crippen LogP contribution is 2.32. The number of piperidine rings is 1. The van der Waals surface area contributed by atoms with Crippen LogP contribution in [-0.4, -0.2) is 23.1 Å². The summed E-state index contributed by atoms with van der Waals surface area (Å²) >= 11 is 3.42. The maximum absolute atomic E-state index is 13.0. The summed E-state index contributed by atoms with van der Waals surface area (Å²) in [4.78, 5) is 15.3. The highest BCUT2D eigenvalue weighted by molar-refractivity contribution is 9.10. The Labute approximate surface area is 178 Å². The van der Waals surface area contributed by atoms with Gasteiger partial charge < -0.3 is 14.3 Å². The Hall–Kier alpha value is -2.31. The van der Waals surface area contributed by atoms with Gasteiger partial charge in [0.1, 0.15) is 23.3 Å². The SMILES string of the molecule is CC1CC(C)CN(Cc2c(O)ccc3c(=O)c(Oc4ccccc4Br)coc23)C1. The molecule has 1 saturated heterocycles. The number of likely N-dealkylation sites (tertiary alicyclic amines) is 1. The highest BCUT2D eigenvalue weighted by Gasteiger charge is 2.24. The maximum Gasteiger partial charge on any atom is 0.235 e. The smallest absolute Gasteiger partial charge is 0.235 e. The monoisotopic (exact) mass is 457 g/mol. The van der Waals surface area contributed by atoms with Crippen molar-refractivity contribution in [1.82, 2.24) is 4.90 Å². The predicted octanol–water partition coefficient (Wildman–Crippen LogP) is 5.53. The Morgan fingerprint density at radius 3 is 2.59 bits per heavy atom. The van der Waals surface area contributed by atoms with Gasteiger partial charge in [-0.1, -0.05) is 26.0 Å². The van der Waals surface area contributed by atoms with E-state index in [0.717, 1.165) is 17.6 Å². The van der Waals surface area contributed by atoms with Gasteiger partial charge in [0.15, 0.2) is 0 Å². The zero-order valence-corrected chi connectivity index (χ0v) is 18.1. The zero-order valence-electron chi connectivity index (χ0n) is 16.5. The molecule has 2 heterocycles. The van der Waals surface area contributed by atoms with Crippen LogP contribution >= 0.6 is 15.9 Å². The lowest BCUT2D eigenvalue weighted by molar-refractivity contribution is 0.133. The molecular weight excluding hydrogens is 434 g/mol. The van der Waals surface area contributed by atoms with E-state index in [9.17, 15) is 9.90 Å². The fraction of sp³-hybridized carbons (Fsp3) is 0.348. The van der Waals surface area contributed by atoms with Crippen molar-refractivity contribution in [2.24, 2.45) is 11.8 Å². The van der Waals surface area contributed by atoms with Crippen molar-refractivity contribution in [3.8, 4) is 17.2 Å². The standard InChI is InChI=1S/C23H24BrNO4/c1-14-9-15(2)11-25(10-14)12-17-19(26)8-7-16-22(27)21(13-28-23(16)17)29-20-6-4-3-5-18(20)24/h3-8,13-15,26H,9-12H2,1-2H3. The number of benzene rings is 2. The van der Waals surface area contributed by atoms with Crippen LogP contribution in [0.15, 0.2) is 56.3 Å². The number of aromatic hydroxyl groups is 1. The van der Waals surface area contributed by atoms with Gasteiger partial charge >= 0.3 is 0 Å². The number of halogens is 1. The van der Waals surface area contributed by atoms with Crippen LogP contribution in [0.25, 0.3) is 11.0 Å². The molecule has 1 aliphatic rings. The number of hydrogen-bond acceptors (Lipinski definition) is 5. The van der Waals surface area contributed by atoms with Gasteiger partial charge in [0.25, 0.3) is 0 Å². The number of phenolic OH excluding ortho intramolecular Hbond substituents is 1. The van der Waals surface area contributed by atoms with Crippen molar-refractivity contribution in [2.45, 2.75) is 26.8 Å². The maximum atomic E-state index is 13.0. The van der Waals surface area contributed by atoms with Crippen LogP contribution in [0.3, 0.4) is 0 Å². The molecule has 2 atom stereocenters. The molecule has 6 heteroatoms. The first kappa shape index (κ1) is 20.0. The second-order valence-corrected chi connectivity index (χ2v) is 8.90. The minimum absolute atomic E-state index is 0.112. The second-order valence-electron chi connectivity index (χ2n) is 8.04. The van der Waals surface area contributed by atoms with E-state index in [1.807, 2.05) is 18.2 Å². The van der Waals surface area contributed by atoms with E-state index in [1.54, 1.807) is 18.2 Å². The number of nitrogens with zero attached hydrogens (tertiary/aromatic N) is 1. The van der Waals surface area contributed by atoms with Gasteiger partial charge in [-0.25, -0.2) is 0 Å². The molecule has 1 aromatic heterocycles. The lowest BCUT2D eigenvalue weighted by Gasteiger charge is -2.35. The van der Waals surface area contributed by atoms with Crippen LogP contribution in [0.5, 0.6) is 17.2 Å². The third kappa shape index (κ3) is 4.19. The van der Waals surface area contributed by atoms with Crippen molar-refractivity contribution in [1.29, 1.82) is 0 Å². The van der Waals surface area contributed by atoms with Gasteiger partial charge in [0.05, 0.1) is 15.4 Å². The van der Waals surface area contributed by atoms with E-state index in [4.69, 9.17) is 9.15 Å². The normalized spacial score (nSPS) is 20.1. The molecule has 29 heavy (non-hydrogen) atoms. The van der Waals surface area contributed by atoms with Crippen molar-refractivity contribution in [3.63, 3.8) is 0 Å². The van der Waals surface area contributed by atoms with Crippen LogP contribution in [-0.2, 0) is 6.54 Å². The Morgan fingerprint density at radius 2 is 1.86 bits per heavy atom. The molecule has 0 amide bonds. The van der Waals surface area contributed by atoms with Crippen LogP contribution < -0.4 is 10.2 Å². The van der Waals surface area contributed by atoms with Crippen LogP contribution in [0.4, 0.5) is 0 Å². The van der Waals surface area contributed by atoms with E-state index in [2.05, 4.69) is 34.7 Å². The van der Waals surface area contributed by atoms with Crippen LogP contribution in [0, 0.1) is 11.8 Å². The molecule has 4 rings (SSSR count). The van der Waals surface area contributed by atoms with E-state index in [1.165, 1.54) is 12.7 Å². The summed E-state index contributed by atoms with van der Waals surface area (Å²) in [5, 5.41) is 10.9. The van der Waals surface area contributed by atoms with Gasteiger partial charge in [-0.15, -0.1) is 0 Å². The molecule has 0 saturated carbocycles. The number of hydrogen-bond donors (Lipinski definition) is 1. The van der Waals surface area contributed by atoms with Crippen molar-refractivity contribution in [2.75, 3.05) is 13.1 Å². The molecule has 152 valence electrons. The van der Waals surface area contributed by atoms with Gasteiger partial charge in [0.2, 0.25) is 11.2 Å². The third-order valence-corrected chi connectivity index (χ3v) is 6.03. The summed E-state index contributed by atoms with van der Waals surface area (Å²) in [5.41, 5.74) is 0.803. The second kappa shape index (κ2) is 8.20. The molecule has 0 radical (unpaired) electrons. The van der Waals surface area contributed by atoms with Gasteiger partial charge in [-0.3, -0.25) is 9.69 Å². The molecular formula is C23H24BrNO4. The van der Waals surface area contributed by atoms with E-state index < -0.39 is 0 Å². The van der Waals surface area contributed by atoms with Gasteiger partial charge in [-0.05, 0) is 58.5 Å². The summed E-state index contributed by atoms with van der Waals surface area (Å²) in [7, 11) is 0. The number of para-hydroxylation sites is 1. The first-order chi connectivity index (χ1) is 13.9. The Bertz CT molecular complexity index is 1080. The molecule has 2 aromatic carbocycles.